The summed E-state index contributed by atoms with van der Waals surface area (Å²) in [6.45, 7) is 1.51. The van der Waals surface area contributed by atoms with E-state index in [1.165, 1.54) is 5.56 Å². The molecule has 0 fully saturated rings. The lowest BCUT2D eigenvalue weighted by molar-refractivity contribution is 0.0696. The Morgan fingerprint density at radius 2 is 1.26 bits per heavy atom. The number of aryl methyl sites for hydroxylation is 1. The molecule has 0 saturated carbocycles. The van der Waals surface area contributed by atoms with E-state index in [0.717, 1.165) is 29.5 Å². The zero-order valence-electron chi connectivity index (χ0n) is 23.4. The number of hydrogen-bond acceptors (Lipinski definition) is 3. The molecule has 42 heavy (non-hydrogen) atoms. The summed E-state index contributed by atoms with van der Waals surface area (Å²) >= 11 is 0. The molecule has 0 atom stereocenters. The van der Waals surface area contributed by atoms with E-state index in [-0.39, 0.29) is 11.5 Å². The molecular weight excluding hydrogens is 522 g/mol. The number of hydrogen-bond donors (Lipinski definition) is 1. The first-order valence-electron chi connectivity index (χ1n) is 14.1. The molecule has 0 aromatic heterocycles. The van der Waals surface area contributed by atoms with Gasteiger partial charge in [0.25, 0.3) is 5.91 Å². The van der Waals surface area contributed by atoms with E-state index >= 15 is 0 Å². The van der Waals surface area contributed by atoms with Crippen LogP contribution in [0.15, 0.2) is 133 Å². The molecule has 0 radical (unpaired) electrons. The second kappa shape index (κ2) is 14.0. The van der Waals surface area contributed by atoms with Crippen LogP contribution in [0.1, 0.15) is 43.8 Å². The van der Waals surface area contributed by atoms with Gasteiger partial charge in [0.1, 0.15) is 12.4 Å². The molecule has 0 spiro atoms. The lowest BCUT2D eigenvalue weighted by Gasteiger charge is -2.23. The highest BCUT2D eigenvalue weighted by atomic mass is 16.5. The number of carbonyl (C=O) groups is 2. The first-order chi connectivity index (χ1) is 20.6. The number of carbonyl (C=O) groups excluding carboxylic acids is 1. The number of carboxylic acids is 1. The van der Waals surface area contributed by atoms with E-state index in [1.807, 2.05) is 114 Å². The second-order valence-corrected chi connectivity index (χ2v) is 10.2. The van der Waals surface area contributed by atoms with Crippen molar-refractivity contribution in [1.82, 2.24) is 4.90 Å². The van der Waals surface area contributed by atoms with Crippen molar-refractivity contribution in [2.45, 2.75) is 26.0 Å². The van der Waals surface area contributed by atoms with Crippen LogP contribution in [0.3, 0.4) is 0 Å². The van der Waals surface area contributed by atoms with Gasteiger partial charge in [-0.25, -0.2) is 4.79 Å². The maximum absolute atomic E-state index is 13.7. The Balaban J connectivity index is 1.30. The van der Waals surface area contributed by atoms with Crippen LogP contribution in [0.5, 0.6) is 5.75 Å². The van der Waals surface area contributed by atoms with Crippen molar-refractivity contribution in [3.05, 3.63) is 161 Å². The summed E-state index contributed by atoms with van der Waals surface area (Å²) < 4.78 is 5.91. The Morgan fingerprint density at radius 3 is 1.93 bits per heavy atom. The number of carboxylic acid groups (broad SMARTS) is 1. The smallest absolute Gasteiger partial charge is 0.336 e. The number of nitrogens with zero attached hydrogens (tertiary/aromatic N) is 1. The van der Waals surface area contributed by atoms with Crippen LogP contribution in [-0.2, 0) is 19.6 Å². The largest absolute Gasteiger partial charge is 0.489 e. The minimum absolute atomic E-state index is 0.0435. The third-order valence-electron chi connectivity index (χ3n) is 7.17. The van der Waals surface area contributed by atoms with Gasteiger partial charge in [0, 0.05) is 18.7 Å². The highest BCUT2D eigenvalue weighted by Crippen LogP contribution is 2.25. The van der Waals surface area contributed by atoms with Crippen molar-refractivity contribution in [2.75, 3.05) is 6.54 Å². The summed E-state index contributed by atoms with van der Waals surface area (Å²) in [4.78, 5) is 27.3. The second-order valence-electron chi connectivity index (χ2n) is 10.2. The van der Waals surface area contributed by atoms with Gasteiger partial charge in [0.15, 0.2) is 0 Å². The van der Waals surface area contributed by atoms with E-state index in [2.05, 4.69) is 12.1 Å². The first kappa shape index (κ1) is 28.4. The molecule has 1 amide bonds. The van der Waals surface area contributed by atoms with E-state index in [0.29, 0.717) is 36.6 Å². The molecule has 0 aliphatic rings. The summed E-state index contributed by atoms with van der Waals surface area (Å²) in [5, 5.41) is 9.58. The van der Waals surface area contributed by atoms with Crippen molar-refractivity contribution >= 4 is 11.9 Å². The predicted octanol–water partition coefficient (Wildman–Crippen LogP) is 7.91. The fourth-order valence-electron chi connectivity index (χ4n) is 4.92. The predicted molar refractivity (Wildman–Crippen MR) is 166 cm³/mol. The van der Waals surface area contributed by atoms with Crippen LogP contribution in [0, 0.1) is 0 Å². The van der Waals surface area contributed by atoms with Gasteiger partial charge in [-0.15, -0.1) is 0 Å². The first-order valence-corrected chi connectivity index (χ1v) is 14.1. The fraction of sp³-hybridized carbons (Fsp3) is 0.135. The lowest BCUT2D eigenvalue weighted by atomic mass is 9.98. The molecule has 5 aromatic carbocycles. The van der Waals surface area contributed by atoms with Crippen molar-refractivity contribution in [3.63, 3.8) is 0 Å². The summed E-state index contributed by atoms with van der Waals surface area (Å²) in [6.07, 6.45) is 1.71. The Labute approximate surface area is 246 Å². The van der Waals surface area contributed by atoms with Crippen LogP contribution in [0.25, 0.3) is 11.1 Å². The molecule has 0 aliphatic carbocycles. The van der Waals surface area contributed by atoms with Crippen molar-refractivity contribution in [3.8, 4) is 16.9 Å². The van der Waals surface area contributed by atoms with Crippen LogP contribution < -0.4 is 4.74 Å². The summed E-state index contributed by atoms with van der Waals surface area (Å²) in [5.74, 6) is -0.289. The highest BCUT2D eigenvalue weighted by Gasteiger charge is 2.17. The lowest BCUT2D eigenvalue weighted by Crippen LogP contribution is -2.31. The van der Waals surface area contributed by atoms with Crippen LogP contribution in [0.2, 0.25) is 0 Å². The molecule has 0 aliphatic heterocycles. The number of ether oxygens (including phenoxy) is 1. The third-order valence-corrected chi connectivity index (χ3v) is 7.17. The molecule has 0 saturated heterocycles. The topological polar surface area (TPSA) is 66.8 Å². The monoisotopic (exact) mass is 555 g/mol. The van der Waals surface area contributed by atoms with Gasteiger partial charge >= 0.3 is 5.97 Å². The standard InChI is InChI=1S/C37H33NO4/c39-36(32-21-23-33(24-22-32)42-27-30-12-5-2-6-13-30)38(25-9-14-28-10-3-1-4-11-28)26-29-17-19-31(20-18-29)34-15-7-8-16-35(34)37(40)41/h1-8,10-13,15-24H,9,14,25-27H2,(H,40,41). The van der Waals surface area contributed by atoms with Gasteiger partial charge in [-0.1, -0.05) is 103 Å². The van der Waals surface area contributed by atoms with Crippen LogP contribution >= 0.6 is 0 Å². The number of amides is 1. The minimum atomic E-state index is -0.957. The molecule has 5 aromatic rings. The van der Waals surface area contributed by atoms with E-state index in [1.54, 1.807) is 12.1 Å². The average molecular weight is 556 g/mol. The zero-order valence-corrected chi connectivity index (χ0v) is 23.4. The van der Waals surface area contributed by atoms with Gasteiger partial charge in [-0.2, -0.15) is 0 Å². The molecule has 5 nitrogen and oxygen atoms in total. The Hall–Kier alpha value is -5.16. The van der Waals surface area contributed by atoms with Crippen LogP contribution in [-0.4, -0.2) is 28.4 Å². The molecule has 0 bridgehead atoms. The number of benzene rings is 5. The maximum Gasteiger partial charge on any atom is 0.336 e. The molecule has 0 heterocycles. The molecular formula is C37H33NO4. The van der Waals surface area contributed by atoms with E-state index in [4.69, 9.17) is 4.74 Å². The fourth-order valence-corrected chi connectivity index (χ4v) is 4.92. The quantitative estimate of drug-likeness (QED) is 0.170. The van der Waals surface area contributed by atoms with Crippen molar-refractivity contribution in [2.24, 2.45) is 0 Å². The molecule has 210 valence electrons. The van der Waals surface area contributed by atoms with Crippen LogP contribution in [0.4, 0.5) is 0 Å². The SMILES string of the molecule is O=C(O)c1ccccc1-c1ccc(CN(CCCc2ccccc2)C(=O)c2ccc(OCc3ccccc3)cc2)cc1. The van der Waals surface area contributed by atoms with Gasteiger partial charge in [-0.05, 0) is 71.0 Å². The average Bonchev–Trinajstić information content (AvgIpc) is 3.04. The summed E-state index contributed by atoms with van der Waals surface area (Å²) in [7, 11) is 0. The Kier molecular flexibility index (Phi) is 9.42. The van der Waals surface area contributed by atoms with Gasteiger partial charge in [0.05, 0.1) is 5.56 Å². The van der Waals surface area contributed by atoms with Gasteiger partial charge in [-0.3, -0.25) is 4.79 Å². The van der Waals surface area contributed by atoms with Crippen molar-refractivity contribution < 1.29 is 19.4 Å². The third kappa shape index (κ3) is 7.52. The number of aromatic carboxylic acids is 1. The number of rotatable bonds is 12. The highest BCUT2D eigenvalue weighted by molar-refractivity contribution is 5.96. The van der Waals surface area contributed by atoms with E-state index < -0.39 is 5.97 Å². The Bertz CT molecular complexity index is 1600. The molecule has 0 unspecified atom stereocenters. The normalized spacial score (nSPS) is 10.7. The van der Waals surface area contributed by atoms with Gasteiger partial charge in [0.2, 0.25) is 0 Å². The zero-order chi connectivity index (χ0) is 29.1. The molecule has 5 rings (SSSR count). The van der Waals surface area contributed by atoms with Crippen molar-refractivity contribution in [1.29, 1.82) is 0 Å². The van der Waals surface area contributed by atoms with E-state index in [9.17, 15) is 14.7 Å². The summed E-state index contributed by atoms with van der Waals surface area (Å²) in [6, 6.07) is 42.3. The van der Waals surface area contributed by atoms with Gasteiger partial charge < -0.3 is 14.7 Å². The maximum atomic E-state index is 13.7. The minimum Gasteiger partial charge on any atom is -0.489 e. The summed E-state index contributed by atoms with van der Waals surface area (Å²) in [5.41, 5.74) is 5.66. The molecule has 5 heteroatoms. The molecule has 1 N–H and O–H groups in total. The Morgan fingerprint density at radius 1 is 0.643 bits per heavy atom.